The van der Waals surface area contributed by atoms with Crippen molar-refractivity contribution in [2.45, 2.75) is 75.1 Å². The van der Waals surface area contributed by atoms with Gasteiger partial charge in [-0.05, 0) is 81.9 Å². The summed E-state index contributed by atoms with van der Waals surface area (Å²) in [7, 11) is 2.17. The topological polar surface area (TPSA) is 69.6 Å². The number of likely N-dealkylation sites (N-methyl/N-ethyl adjacent to an activating group) is 1. The number of aliphatic carboxylic acids is 1. The lowest BCUT2D eigenvalue weighted by Crippen LogP contribution is -2.31. The summed E-state index contributed by atoms with van der Waals surface area (Å²) in [6, 6.07) is 16.3. The maximum Gasteiger partial charge on any atom is 0.441 e. The molecule has 5 nitrogen and oxygen atoms in total. The summed E-state index contributed by atoms with van der Waals surface area (Å²) in [4.78, 5) is 24.5. The van der Waals surface area contributed by atoms with Crippen LogP contribution in [0.4, 0.5) is 18.9 Å². The van der Waals surface area contributed by atoms with Crippen molar-refractivity contribution < 1.29 is 27.9 Å². The lowest BCUT2D eigenvalue weighted by molar-refractivity contribution is -0.138. The first-order chi connectivity index (χ1) is 17.7. The predicted molar refractivity (Wildman–Crippen MR) is 155 cm³/mol. The molecule has 0 fully saturated rings. The van der Waals surface area contributed by atoms with Crippen LogP contribution in [0.1, 0.15) is 52.2 Å². The number of benzene rings is 2. The smallest absolute Gasteiger partial charge is 0.441 e. The second-order valence-corrected chi connectivity index (χ2v) is 11.5. The van der Waals surface area contributed by atoms with Crippen LogP contribution in [-0.2, 0) is 22.4 Å². The number of alkyl halides is 3. The molecule has 38 heavy (non-hydrogen) atoms. The van der Waals surface area contributed by atoms with E-state index in [4.69, 9.17) is 0 Å². The Kier molecular flexibility index (Phi) is 17.1. The maximum absolute atomic E-state index is 11.2. The van der Waals surface area contributed by atoms with Crippen molar-refractivity contribution in [2.24, 2.45) is 0 Å². The van der Waals surface area contributed by atoms with Gasteiger partial charge >= 0.3 is 11.5 Å². The molecule has 0 saturated carbocycles. The number of hydrogen-bond donors (Lipinski definition) is 2. The van der Waals surface area contributed by atoms with Gasteiger partial charge in [0, 0.05) is 16.6 Å². The molecule has 2 aromatic rings. The van der Waals surface area contributed by atoms with Crippen LogP contribution in [0.3, 0.4) is 0 Å². The third kappa shape index (κ3) is 14.7. The van der Waals surface area contributed by atoms with Crippen molar-refractivity contribution in [2.75, 3.05) is 25.2 Å². The molecule has 0 radical (unpaired) electrons. The van der Waals surface area contributed by atoms with Crippen LogP contribution < -0.4 is 5.32 Å². The molecule has 1 aliphatic carbocycles. The highest BCUT2D eigenvalue weighted by molar-refractivity contribution is 8.01. The number of amides is 1. The number of carbonyl (C=O) groups excluding carboxylic acids is 1. The Morgan fingerprint density at radius 1 is 1.08 bits per heavy atom. The van der Waals surface area contributed by atoms with Gasteiger partial charge in [0.1, 0.15) is 4.75 Å². The molecule has 0 saturated heterocycles. The lowest BCUT2D eigenvalue weighted by atomic mass is 10.1. The van der Waals surface area contributed by atoms with Crippen molar-refractivity contribution in [3.8, 4) is 0 Å². The highest BCUT2D eigenvalue weighted by atomic mass is 32.2. The highest BCUT2D eigenvalue weighted by Crippen LogP contribution is 2.36. The van der Waals surface area contributed by atoms with Gasteiger partial charge in [-0.25, -0.2) is 0 Å². The number of rotatable bonds is 7. The van der Waals surface area contributed by atoms with Crippen LogP contribution in [0.15, 0.2) is 53.4 Å². The Bertz CT molecular complexity index is 958. The minimum atomic E-state index is -4.04. The quantitative estimate of drug-likeness (QED) is 0.262. The van der Waals surface area contributed by atoms with Gasteiger partial charge in [-0.15, -0.1) is 11.8 Å². The molecule has 1 aliphatic rings. The molecule has 3 rings (SSSR count). The number of fused-ring (bicyclic) bond motifs is 1. The molecule has 10 heteroatoms. The van der Waals surface area contributed by atoms with E-state index in [1.807, 2.05) is 30.3 Å². The number of carboxylic acid groups (broad SMARTS) is 1. The zero-order valence-electron chi connectivity index (χ0n) is 23.3. The van der Waals surface area contributed by atoms with Gasteiger partial charge in [0.25, 0.3) is 0 Å². The zero-order valence-corrected chi connectivity index (χ0v) is 24.9. The minimum absolute atomic E-state index is 0.118. The average molecular weight is 575 g/mol. The summed E-state index contributed by atoms with van der Waals surface area (Å²) in [5, 5.41) is 11.7. The third-order valence-electron chi connectivity index (χ3n) is 5.33. The molecule has 0 aliphatic heterocycles. The van der Waals surface area contributed by atoms with Gasteiger partial charge in [-0.1, -0.05) is 63.2 Å². The van der Waals surface area contributed by atoms with E-state index in [0.717, 1.165) is 36.2 Å². The van der Waals surface area contributed by atoms with Gasteiger partial charge < -0.3 is 15.3 Å². The molecule has 2 aromatic carbocycles. The fourth-order valence-electron chi connectivity index (χ4n) is 3.15. The summed E-state index contributed by atoms with van der Waals surface area (Å²) in [6.07, 6.45) is 5.09. The number of para-hydroxylation sites is 1. The van der Waals surface area contributed by atoms with Crippen molar-refractivity contribution >= 4 is 41.6 Å². The number of anilines is 1. The highest BCUT2D eigenvalue weighted by Gasteiger charge is 2.30. The molecule has 1 atom stereocenters. The Balaban J connectivity index is 0.000000625. The van der Waals surface area contributed by atoms with Crippen molar-refractivity contribution in [1.82, 2.24) is 4.90 Å². The van der Waals surface area contributed by atoms with E-state index < -0.39 is 16.2 Å². The SMILES string of the molecule is CCC.CCN(C)C1Cc2ccc(SC(C)(C)C(=O)O)cc2C1.CSC(F)(F)F.O=CNc1ccccc1. The summed E-state index contributed by atoms with van der Waals surface area (Å²) >= 11 is 1.30. The van der Waals surface area contributed by atoms with Gasteiger partial charge in [-0.2, -0.15) is 13.2 Å². The lowest BCUT2D eigenvalue weighted by Gasteiger charge is -2.21. The van der Waals surface area contributed by atoms with Crippen molar-refractivity contribution in [3.05, 3.63) is 59.7 Å². The molecule has 1 amide bonds. The van der Waals surface area contributed by atoms with E-state index in [9.17, 15) is 27.9 Å². The van der Waals surface area contributed by atoms with Crippen LogP contribution in [0.2, 0.25) is 0 Å². The second-order valence-electron chi connectivity index (χ2n) is 8.97. The molecular weight excluding hydrogens is 533 g/mol. The van der Waals surface area contributed by atoms with E-state index in [1.54, 1.807) is 13.8 Å². The normalized spacial score (nSPS) is 14.0. The summed E-state index contributed by atoms with van der Waals surface area (Å²) in [5.74, 6) is -0.772. The Labute approximate surface area is 234 Å². The van der Waals surface area contributed by atoms with Crippen LogP contribution in [0.25, 0.3) is 0 Å². The van der Waals surface area contributed by atoms with E-state index in [2.05, 4.69) is 56.2 Å². The van der Waals surface area contributed by atoms with Gasteiger partial charge in [0.05, 0.1) is 0 Å². The molecule has 0 spiro atoms. The van der Waals surface area contributed by atoms with Gasteiger partial charge in [0.2, 0.25) is 6.41 Å². The number of carbonyl (C=O) groups is 2. The van der Waals surface area contributed by atoms with Crippen LogP contribution in [0, 0.1) is 0 Å². The van der Waals surface area contributed by atoms with Crippen molar-refractivity contribution in [1.29, 1.82) is 0 Å². The number of halogens is 3. The first-order valence-electron chi connectivity index (χ1n) is 12.4. The Morgan fingerprint density at radius 2 is 1.61 bits per heavy atom. The monoisotopic (exact) mass is 574 g/mol. The Morgan fingerprint density at radius 3 is 2.05 bits per heavy atom. The number of carboxylic acids is 1. The number of nitrogens with one attached hydrogen (secondary N) is 1. The average Bonchev–Trinajstić information content (AvgIpc) is 3.28. The minimum Gasteiger partial charge on any atom is -0.480 e. The molecule has 1 unspecified atom stereocenters. The van der Waals surface area contributed by atoms with E-state index >= 15 is 0 Å². The predicted octanol–water partition coefficient (Wildman–Crippen LogP) is 7.60. The summed E-state index contributed by atoms with van der Waals surface area (Å²) in [6.45, 7) is 11.0. The van der Waals surface area contributed by atoms with Crippen molar-refractivity contribution in [3.63, 3.8) is 0 Å². The molecule has 0 bridgehead atoms. The molecule has 2 N–H and O–H groups in total. The second kappa shape index (κ2) is 18.2. The van der Waals surface area contributed by atoms with E-state index in [-0.39, 0.29) is 11.8 Å². The third-order valence-corrected chi connectivity index (χ3v) is 6.97. The first-order valence-corrected chi connectivity index (χ1v) is 14.4. The Hall–Kier alpha value is -2.17. The van der Waals surface area contributed by atoms with Gasteiger partial charge in [0.15, 0.2) is 0 Å². The summed E-state index contributed by atoms with van der Waals surface area (Å²) < 4.78 is 31.5. The fraction of sp³-hybridized carbons (Fsp3) is 0.500. The number of hydrogen-bond acceptors (Lipinski definition) is 5. The standard InChI is InChI=1S/C16H23NO2S.C7H7NO.C3H8.C2H3F3S/c1-5-17(4)13-8-11-6-7-14(10-12(11)9-13)20-16(2,3)15(18)19;9-6-8-7-4-2-1-3-5-7;1-3-2;1-6-2(3,4)5/h6-7,10,13H,5,8-9H2,1-4H3,(H,18,19);1-6H,(H,8,9);3H2,1-2H3;1H3. The summed E-state index contributed by atoms with van der Waals surface area (Å²) in [5.41, 5.74) is -0.429. The number of thioether (sulfide) groups is 2. The zero-order chi connectivity index (χ0) is 29.4. The first kappa shape index (κ1) is 35.8. The van der Waals surface area contributed by atoms with Crippen LogP contribution in [-0.4, -0.2) is 58.5 Å². The van der Waals surface area contributed by atoms with E-state index in [0.29, 0.717) is 12.5 Å². The maximum atomic E-state index is 11.2. The van der Waals surface area contributed by atoms with Crippen LogP contribution >= 0.6 is 23.5 Å². The molecule has 0 heterocycles. The van der Waals surface area contributed by atoms with E-state index in [1.165, 1.54) is 29.3 Å². The largest absolute Gasteiger partial charge is 0.480 e. The fourth-order valence-corrected chi connectivity index (χ4v) is 4.16. The number of nitrogens with zero attached hydrogens (tertiary/aromatic N) is 1. The molecule has 214 valence electrons. The molecular formula is C28H41F3N2O3S2. The molecule has 0 aromatic heterocycles. The van der Waals surface area contributed by atoms with Crippen LogP contribution in [0.5, 0.6) is 0 Å². The van der Waals surface area contributed by atoms with Gasteiger partial charge in [-0.3, -0.25) is 9.59 Å².